The second-order valence-corrected chi connectivity index (χ2v) is 2.58. The van der Waals surface area contributed by atoms with Crippen molar-refractivity contribution in [2.24, 2.45) is 4.99 Å². The van der Waals surface area contributed by atoms with E-state index >= 15 is 0 Å². The number of imidazole rings is 1. The zero-order chi connectivity index (χ0) is 9.68. The second-order valence-electron chi connectivity index (χ2n) is 2.22. The number of hydrogen-bond donors (Lipinski definition) is 0. The lowest BCUT2D eigenvalue weighted by Gasteiger charge is -2.14. The molecule has 0 radical (unpaired) electrons. The fourth-order valence-corrected chi connectivity index (χ4v) is 1.03. The fraction of sp³-hybridized carbons (Fsp3) is 0.125. The van der Waals surface area contributed by atoms with Gasteiger partial charge in [0.25, 0.3) is 0 Å². The summed E-state index contributed by atoms with van der Waals surface area (Å²) in [7, 11) is 1.67. The minimum atomic E-state index is 0.568. The molecule has 1 rings (SSSR count). The van der Waals surface area contributed by atoms with Crippen LogP contribution in [0.15, 0.2) is 36.5 Å². The molecule has 13 heavy (non-hydrogen) atoms. The molecule has 1 aromatic rings. The van der Waals surface area contributed by atoms with Crippen LogP contribution < -0.4 is 0 Å². The Morgan fingerprint density at radius 1 is 1.77 bits per heavy atom. The van der Waals surface area contributed by atoms with E-state index in [-0.39, 0.29) is 0 Å². The van der Waals surface area contributed by atoms with Crippen LogP contribution in [-0.2, 0) is 0 Å². The molecule has 1 aromatic heterocycles. The van der Waals surface area contributed by atoms with Crippen LogP contribution in [0.1, 0.15) is 0 Å². The first kappa shape index (κ1) is 9.60. The molecule has 0 aliphatic rings. The Hall–Kier alpha value is -1.49. The maximum absolute atomic E-state index is 5.15. The summed E-state index contributed by atoms with van der Waals surface area (Å²) in [4.78, 5) is 9.37. The van der Waals surface area contributed by atoms with Gasteiger partial charge in [-0.25, -0.2) is 4.98 Å². The van der Waals surface area contributed by atoms with Gasteiger partial charge in [0.15, 0.2) is 5.11 Å². The van der Waals surface area contributed by atoms with E-state index in [0.717, 1.165) is 0 Å². The normalized spacial score (nSPS) is 10.2. The van der Waals surface area contributed by atoms with Crippen LogP contribution in [0.5, 0.6) is 0 Å². The van der Waals surface area contributed by atoms with Gasteiger partial charge in [0.2, 0.25) is 0 Å². The minimum Gasteiger partial charge on any atom is -0.285 e. The van der Waals surface area contributed by atoms with Gasteiger partial charge in [0, 0.05) is 25.6 Å². The van der Waals surface area contributed by atoms with Crippen molar-refractivity contribution in [1.82, 2.24) is 14.5 Å². The van der Waals surface area contributed by atoms with Gasteiger partial charge in [-0.15, -0.1) is 0 Å². The van der Waals surface area contributed by atoms with Crippen LogP contribution in [0, 0.1) is 0 Å². The van der Waals surface area contributed by atoms with Gasteiger partial charge in [-0.05, 0) is 12.2 Å². The molecule has 5 heteroatoms. The number of aromatic nitrogens is 2. The van der Waals surface area contributed by atoms with Crippen LogP contribution in [0.25, 0.3) is 0 Å². The summed E-state index contributed by atoms with van der Waals surface area (Å²) >= 11 is 5.15. The van der Waals surface area contributed by atoms with E-state index in [9.17, 15) is 0 Å². The number of nitrogens with zero attached hydrogens (tertiary/aromatic N) is 4. The number of hydrogen-bond acceptors (Lipinski definition) is 3. The van der Waals surface area contributed by atoms with E-state index in [2.05, 4.69) is 16.6 Å². The fourth-order valence-electron chi connectivity index (χ4n) is 0.805. The highest BCUT2D eigenvalue weighted by Gasteiger charge is 2.03. The van der Waals surface area contributed by atoms with Gasteiger partial charge in [-0.1, -0.05) is 6.58 Å². The monoisotopic (exact) mass is 194 g/mol. The van der Waals surface area contributed by atoms with Crippen LogP contribution in [0.2, 0.25) is 0 Å². The maximum atomic E-state index is 5.15. The molecule has 0 amide bonds. The lowest BCUT2D eigenvalue weighted by Crippen LogP contribution is -2.27. The molecule has 1 heterocycles. The van der Waals surface area contributed by atoms with Gasteiger partial charge in [0.05, 0.1) is 6.34 Å². The molecule has 0 atom stereocenters. The zero-order valence-corrected chi connectivity index (χ0v) is 8.11. The third-order valence-electron chi connectivity index (χ3n) is 1.38. The summed E-state index contributed by atoms with van der Waals surface area (Å²) in [5.41, 5.74) is 0. The molecule has 68 valence electrons. The Morgan fingerprint density at radius 3 is 3.00 bits per heavy atom. The Kier molecular flexibility index (Phi) is 3.33. The van der Waals surface area contributed by atoms with Crippen molar-refractivity contribution in [3.05, 3.63) is 31.5 Å². The van der Waals surface area contributed by atoms with Gasteiger partial charge in [-0.3, -0.25) is 14.5 Å². The van der Waals surface area contributed by atoms with E-state index in [4.69, 9.17) is 12.2 Å². The smallest absolute Gasteiger partial charge is 0.190 e. The van der Waals surface area contributed by atoms with Gasteiger partial charge < -0.3 is 0 Å². The topological polar surface area (TPSA) is 33.4 Å². The van der Waals surface area contributed by atoms with Crippen molar-refractivity contribution >= 4 is 23.7 Å². The maximum Gasteiger partial charge on any atom is 0.190 e. The average Bonchev–Trinajstić information content (AvgIpc) is 2.65. The van der Waals surface area contributed by atoms with Gasteiger partial charge in [-0.2, -0.15) is 0 Å². The summed E-state index contributed by atoms with van der Waals surface area (Å²) in [6, 6.07) is 0. The molecule has 4 nitrogen and oxygen atoms in total. The Balaban J connectivity index is 2.82. The molecule has 0 aromatic carbocycles. The van der Waals surface area contributed by atoms with Crippen LogP contribution in [0.3, 0.4) is 0 Å². The van der Waals surface area contributed by atoms with Crippen molar-refractivity contribution in [2.45, 2.75) is 0 Å². The number of thiocarbonyl (C=S) groups is 1. The Morgan fingerprint density at radius 2 is 2.54 bits per heavy atom. The summed E-state index contributed by atoms with van der Waals surface area (Å²) in [6.07, 6.45) is 8.24. The molecule has 0 saturated carbocycles. The third-order valence-corrected chi connectivity index (χ3v) is 1.80. The molecular formula is C8H10N4S. The largest absolute Gasteiger partial charge is 0.285 e. The predicted molar refractivity (Wildman–Crippen MR) is 56.7 cm³/mol. The van der Waals surface area contributed by atoms with E-state index < -0.39 is 0 Å². The SMILES string of the molecule is C=CN(C=NC)C(=S)n1ccnc1. The third kappa shape index (κ3) is 2.22. The van der Waals surface area contributed by atoms with Crippen LogP contribution in [-0.4, -0.2) is 32.9 Å². The van der Waals surface area contributed by atoms with Crippen molar-refractivity contribution in [2.75, 3.05) is 7.05 Å². The lowest BCUT2D eigenvalue weighted by atomic mass is 10.7. The summed E-state index contributed by atoms with van der Waals surface area (Å²) in [5.74, 6) is 0. The molecule has 0 saturated heterocycles. The molecule has 0 bridgehead atoms. The highest BCUT2D eigenvalue weighted by Crippen LogP contribution is 1.94. The van der Waals surface area contributed by atoms with Crippen LogP contribution >= 0.6 is 12.2 Å². The minimum absolute atomic E-state index is 0.568. The summed E-state index contributed by atoms with van der Waals surface area (Å²) < 4.78 is 1.71. The van der Waals surface area contributed by atoms with Crippen molar-refractivity contribution in [1.29, 1.82) is 0 Å². The first-order chi connectivity index (χ1) is 6.29. The Labute approximate surface area is 82.2 Å². The summed E-state index contributed by atoms with van der Waals surface area (Å²) in [5, 5.41) is 0.568. The zero-order valence-electron chi connectivity index (χ0n) is 7.29. The lowest BCUT2D eigenvalue weighted by molar-refractivity contribution is 0.821. The van der Waals surface area contributed by atoms with E-state index in [1.807, 2.05) is 0 Å². The molecule has 0 spiro atoms. The standard InChI is InChI=1S/C8H10N4S/c1-3-11(6-9-2)8(13)12-5-4-10-7-12/h3-7H,1H2,2H3. The van der Waals surface area contributed by atoms with Crippen LogP contribution in [0.4, 0.5) is 0 Å². The number of rotatable bonds is 2. The molecule has 0 N–H and O–H groups in total. The van der Waals surface area contributed by atoms with Crippen molar-refractivity contribution in [3.63, 3.8) is 0 Å². The quantitative estimate of drug-likeness (QED) is 0.402. The predicted octanol–water partition coefficient (Wildman–Crippen LogP) is 1.12. The van der Waals surface area contributed by atoms with Crippen molar-refractivity contribution in [3.8, 4) is 0 Å². The van der Waals surface area contributed by atoms with E-state index in [1.54, 1.807) is 47.8 Å². The Bertz CT molecular complexity index is 315. The first-order valence-electron chi connectivity index (χ1n) is 3.65. The molecule has 0 fully saturated rings. The molecule has 0 unspecified atom stereocenters. The van der Waals surface area contributed by atoms with Gasteiger partial charge >= 0.3 is 0 Å². The number of aliphatic imine (C=N–C) groups is 1. The molecular weight excluding hydrogens is 184 g/mol. The van der Waals surface area contributed by atoms with Gasteiger partial charge in [0.1, 0.15) is 6.33 Å². The average molecular weight is 194 g/mol. The second kappa shape index (κ2) is 4.51. The first-order valence-corrected chi connectivity index (χ1v) is 4.06. The molecule has 0 aliphatic heterocycles. The van der Waals surface area contributed by atoms with Crippen molar-refractivity contribution < 1.29 is 0 Å². The molecule has 0 aliphatic carbocycles. The summed E-state index contributed by atoms with van der Waals surface area (Å²) in [6.45, 7) is 3.62. The highest BCUT2D eigenvalue weighted by molar-refractivity contribution is 7.80. The van der Waals surface area contributed by atoms with E-state index in [0.29, 0.717) is 5.11 Å². The van der Waals surface area contributed by atoms with E-state index in [1.165, 1.54) is 0 Å². The highest BCUT2D eigenvalue weighted by atomic mass is 32.1.